The van der Waals surface area contributed by atoms with Gasteiger partial charge < -0.3 is 14.8 Å². The van der Waals surface area contributed by atoms with E-state index in [1.165, 1.54) is 11.3 Å². The molecular formula is C17H17N3O5S. The number of hydrazine groups is 1. The topological polar surface area (TPSA) is 106 Å². The van der Waals surface area contributed by atoms with Gasteiger partial charge in [-0.1, -0.05) is 6.07 Å². The zero-order chi connectivity index (χ0) is 18.4. The second-order valence-corrected chi connectivity index (χ2v) is 6.35. The molecule has 3 rings (SSSR count). The Kier molecular flexibility index (Phi) is 5.69. The first-order chi connectivity index (χ1) is 12.6. The third-order valence-electron chi connectivity index (χ3n) is 3.56. The van der Waals surface area contributed by atoms with Gasteiger partial charge >= 0.3 is 0 Å². The monoisotopic (exact) mass is 375 g/mol. The molecule has 0 bridgehead atoms. The van der Waals surface area contributed by atoms with Crippen LogP contribution in [0.3, 0.4) is 0 Å². The lowest BCUT2D eigenvalue weighted by molar-refractivity contribution is -0.121. The first-order valence-electron chi connectivity index (χ1n) is 7.94. The van der Waals surface area contributed by atoms with E-state index in [-0.39, 0.29) is 25.0 Å². The van der Waals surface area contributed by atoms with E-state index >= 15 is 0 Å². The van der Waals surface area contributed by atoms with Gasteiger partial charge in [-0.3, -0.25) is 25.2 Å². The van der Waals surface area contributed by atoms with Gasteiger partial charge in [0.2, 0.25) is 12.7 Å². The van der Waals surface area contributed by atoms with Crippen LogP contribution in [0, 0.1) is 0 Å². The second-order valence-electron chi connectivity index (χ2n) is 5.41. The van der Waals surface area contributed by atoms with Crippen molar-refractivity contribution in [1.82, 2.24) is 16.2 Å². The molecule has 0 saturated heterocycles. The van der Waals surface area contributed by atoms with E-state index in [0.29, 0.717) is 34.9 Å². The molecule has 0 unspecified atom stereocenters. The average Bonchev–Trinajstić information content (AvgIpc) is 3.33. The van der Waals surface area contributed by atoms with E-state index in [1.54, 1.807) is 30.3 Å². The van der Waals surface area contributed by atoms with Crippen LogP contribution >= 0.6 is 11.3 Å². The van der Waals surface area contributed by atoms with Crippen molar-refractivity contribution in [3.63, 3.8) is 0 Å². The normalized spacial score (nSPS) is 11.7. The number of ether oxygens (including phenoxy) is 2. The summed E-state index contributed by atoms with van der Waals surface area (Å²) in [4.78, 5) is 36.1. The Labute approximate surface area is 153 Å². The van der Waals surface area contributed by atoms with Crippen molar-refractivity contribution in [3.05, 3.63) is 46.2 Å². The minimum absolute atomic E-state index is 0.125. The summed E-state index contributed by atoms with van der Waals surface area (Å²) in [6.07, 6.45) is 0.634. The molecule has 136 valence electrons. The number of hydrogen-bond acceptors (Lipinski definition) is 6. The number of carbonyl (C=O) groups is 3. The molecule has 1 aliphatic rings. The lowest BCUT2D eigenvalue weighted by Gasteiger charge is -2.08. The van der Waals surface area contributed by atoms with Crippen LogP contribution in [0.5, 0.6) is 11.5 Å². The van der Waals surface area contributed by atoms with Crippen LogP contribution in [0.2, 0.25) is 0 Å². The highest BCUT2D eigenvalue weighted by Gasteiger charge is 2.16. The van der Waals surface area contributed by atoms with Gasteiger partial charge in [-0.05, 0) is 36.1 Å². The first kappa shape index (κ1) is 17.7. The van der Waals surface area contributed by atoms with Crippen molar-refractivity contribution in [1.29, 1.82) is 0 Å². The molecule has 1 aromatic carbocycles. The summed E-state index contributed by atoms with van der Waals surface area (Å²) < 4.78 is 10.4. The van der Waals surface area contributed by atoms with Crippen molar-refractivity contribution in [3.8, 4) is 11.5 Å². The van der Waals surface area contributed by atoms with E-state index in [1.807, 2.05) is 5.38 Å². The quantitative estimate of drug-likeness (QED) is 0.523. The SMILES string of the molecule is O=C(CCCNC(=O)c1cccs1)NNC(=O)c1ccc2c(c1)OCO2. The maximum Gasteiger partial charge on any atom is 0.269 e. The summed E-state index contributed by atoms with van der Waals surface area (Å²) in [6.45, 7) is 0.500. The van der Waals surface area contributed by atoms with E-state index in [2.05, 4.69) is 16.2 Å². The maximum absolute atomic E-state index is 12.0. The number of amides is 3. The van der Waals surface area contributed by atoms with Crippen LogP contribution in [0.15, 0.2) is 35.7 Å². The van der Waals surface area contributed by atoms with Gasteiger partial charge in [-0.2, -0.15) is 0 Å². The fraction of sp³-hybridized carbons (Fsp3) is 0.235. The smallest absolute Gasteiger partial charge is 0.269 e. The molecule has 1 aliphatic heterocycles. The molecule has 3 N–H and O–H groups in total. The number of rotatable bonds is 6. The van der Waals surface area contributed by atoms with E-state index in [4.69, 9.17) is 9.47 Å². The Morgan fingerprint density at radius 2 is 1.88 bits per heavy atom. The zero-order valence-corrected chi connectivity index (χ0v) is 14.6. The van der Waals surface area contributed by atoms with Gasteiger partial charge in [0.15, 0.2) is 11.5 Å². The summed E-state index contributed by atoms with van der Waals surface area (Å²) >= 11 is 1.36. The summed E-state index contributed by atoms with van der Waals surface area (Å²) in [5.41, 5.74) is 5.03. The fourth-order valence-electron chi connectivity index (χ4n) is 2.24. The van der Waals surface area contributed by atoms with Gasteiger partial charge in [0.1, 0.15) is 0 Å². The molecule has 8 nitrogen and oxygen atoms in total. The number of hydrogen-bond donors (Lipinski definition) is 3. The van der Waals surface area contributed by atoms with Crippen LogP contribution in [-0.4, -0.2) is 31.1 Å². The second kappa shape index (κ2) is 8.34. The molecule has 2 heterocycles. The molecule has 9 heteroatoms. The molecule has 0 spiro atoms. The number of nitrogens with one attached hydrogen (secondary N) is 3. The van der Waals surface area contributed by atoms with Gasteiger partial charge in [0, 0.05) is 18.5 Å². The van der Waals surface area contributed by atoms with Crippen LogP contribution in [0.25, 0.3) is 0 Å². The number of fused-ring (bicyclic) bond motifs is 1. The molecule has 0 radical (unpaired) electrons. The molecular weight excluding hydrogens is 358 g/mol. The molecule has 0 atom stereocenters. The summed E-state index contributed by atoms with van der Waals surface area (Å²) in [5, 5.41) is 4.56. The van der Waals surface area contributed by atoms with E-state index < -0.39 is 5.91 Å². The van der Waals surface area contributed by atoms with Gasteiger partial charge in [0.25, 0.3) is 11.8 Å². The standard InChI is InChI=1S/C17H17N3O5S/c21-15(4-1-7-18-17(23)14-3-2-8-26-14)19-20-16(22)11-5-6-12-13(9-11)25-10-24-12/h2-3,5-6,8-9H,1,4,7,10H2,(H,18,23)(H,19,21)(H,20,22). The Morgan fingerprint density at radius 3 is 2.69 bits per heavy atom. The molecule has 0 aliphatic carbocycles. The van der Waals surface area contributed by atoms with Crippen LogP contribution in [0.1, 0.15) is 32.9 Å². The Hall–Kier alpha value is -3.07. The van der Waals surface area contributed by atoms with Crippen LogP contribution in [0.4, 0.5) is 0 Å². The van der Waals surface area contributed by atoms with Crippen molar-refractivity contribution in [2.75, 3.05) is 13.3 Å². The number of benzene rings is 1. The van der Waals surface area contributed by atoms with E-state index in [0.717, 1.165) is 0 Å². The highest BCUT2D eigenvalue weighted by atomic mass is 32.1. The minimum Gasteiger partial charge on any atom is -0.454 e. The summed E-state index contributed by atoms with van der Waals surface area (Å²) in [6, 6.07) is 8.29. The molecule has 3 amide bonds. The van der Waals surface area contributed by atoms with Gasteiger partial charge in [0.05, 0.1) is 4.88 Å². The predicted octanol–water partition coefficient (Wildman–Crippen LogP) is 1.45. The zero-order valence-electron chi connectivity index (χ0n) is 13.7. The first-order valence-corrected chi connectivity index (χ1v) is 8.82. The molecule has 26 heavy (non-hydrogen) atoms. The van der Waals surface area contributed by atoms with Gasteiger partial charge in [-0.25, -0.2) is 0 Å². The predicted molar refractivity (Wildman–Crippen MR) is 94.1 cm³/mol. The molecule has 0 fully saturated rings. The number of thiophene rings is 1. The van der Waals surface area contributed by atoms with Crippen LogP contribution < -0.4 is 25.6 Å². The lowest BCUT2D eigenvalue weighted by atomic mass is 10.2. The minimum atomic E-state index is -0.456. The third-order valence-corrected chi connectivity index (χ3v) is 4.43. The van der Waals surface area contributed by atoms with Crippen molar-refractivity contribution >= 4 is 29.1 Å². The van der Waals surface area contributed by atoms with Gasteiger partial charge in [-0.15, -0.1) is 11.3 Å². The summed E-state index contributed by atoms with van der Waals surface area (Å²) in [5.74, 6) is 0.115. The largest absolute Gasteiger partial charge is 0.454 e. The van der Waals surface area contributed by atoms with E-state index in [9.17, 15) is 14.4 Å². The molecule has 1 aromatic heterocycles. The highest BCUT2D eigenvalue weighted by molar-refractivity contribution is 7.12. The lowest BCUT2D eigenvalue weighted by Crippen LogP contribution is -2.41. The average molecular weight is 375 g/mol. The molecule has 2 aromatic rings. The Balaban J connectivity index is 1.35. The highest BCUT2D eigenvalue weighted by Crippen LogP contribution is 2.32. The van der Waals surface area contributed by atoms with Crippen molar-refractivity contribution < 1.29 is 23.9 Å². The van der Waals surface area contributed by atoms with Crippen LogP contribution in [-0.2, 0) is 4.79 Å². The van der Waals surface area contributed by atoms with Crippen molar-refractivity contribution in [2.24, 2.45) is 0 Å². The Bertz CT molecular complexity index is 807. The fourth-order valence-corrected chi connectivity index (χ4v) is 2.88. The maximum atomic E-state index is 12.0. The molecule has 0 saturated carbocycles. The third kappa shape index (κ3) is 4.51. The summed E-state index contributed by atoms with van der Waals surface area (Å²) in [7, 11) is 0. The Morgan fingerprint density at radius 1 is 1.04 bits per heavy atom. The van der Waals surface area contributed by atoms with Crippen molar-refractivity contribution in [2.45, 2.75) is 12.8 Å². The number of carbonyl (C=O) groups excluding carboxylic acids is 3.